The van der Waals surface area contributed by atoms with Crippen LogP contribution in [0.3, 0.4) is 0 Å². The normalized spacial score (nSPS) is 10.9. The molecule has 0 fully saturated rings. The van der Waals surface area contributed by atoms with E-state index in [0.29, 0.717) is 11.8 Å². The lowest BCUT2D eigenvalue weighted by atomic mass is 10.00. The zero-order chi connectivity index (χ0) is 84.8. The number of rotatable bonds is 6. The Morgan fingerprint density at radius 1 is 0.282 bits per heavy atom. The zero-order valence-corrected chi connectivity index (χ0v) is 70.8. The molecule has 0 aliphatic heterocycles. The number of hydrogen-bond acceptors (Lipinski definition) is 12. The molecule has 604 valence electrons. The van der Waals surface area contributed by atoms with Gasteiger partial charge in [-0.15, -0.1) is 21.5 Å². The quantitative estimate of drug-likeness (QED) is 0.145. The summed E-state index contributed by atoms with van der Waals surface area (Å²) >= 11 is 1.74. The molecule has 16 aromatic carbocycles. The van der Waals surface area contributed by atoms with Crippen molar-refractivity contribution in [3.05, 3.63) is 434 Å². The summed E-state index contributed by atoms with van der Waals surface area (Å²) in [7, 11) is 0. The summed E-state index contributed by atoms with van der Waals surface area (Å²) in [6, 6.07) is 128. The molecule has 0 N–H and O–H groups in total. The molecule has 8 aromatic heterocycles. The Kier molecular flexibility index (Phi) is 24.2. The molecule has 24 aromatic rings. The Bertz CT molecular complexity index is 7600. The van der Waals surface area contributed by atoms with Gasteiger partial charge in [0.25, 0.3) is 0 Å². The maximum absolute atomic E-state index is 5.26. The molecule has 8 heterocycles. The highest BCUT2D eigenvalue weighted by Gasteiger charge is 2.18. The fraction of sp³-hybridized carbons (Fsp3) is 0.0748. The number of nitrogens with zero attached hydrogens (tertiary/aromatic N) is 14. The minimum atomic E-state index is 0.577. The molecule has 0 aliphatic rings. The first-order chi connectivity index (χ1) is 60.8. The van der Waals surface area contributed by atoms with E-state index in [1.54, 1.807) is 18.3 Å². The van der Waals surface area contributed by atoms with Crippen LogP contribution in [-0.2, 0) is 0 Å². The highest BCUT2D eigenvalue weighted by molar-refractivity contribution is 7.18. The van der Waals surface area contributed by atoms with E-state index >= 15 is 0 Å². The summed E-state index contributed by atoms with van der Waals surface area (Å²) < 4.78 is 22.7. The summed E-state index contributed by atoms with van der Waals surface area (Å²) in [4.78, 5) is 31.4. The van der Waals surface area contributed by atoms with Crippen molar-refractivity contribution in [3.63, 3.8) is 0 Å². The van der Waals surface area contributed by atoms with E-state index in [9.17, 15) is 0 Å². The van der Waals surface area contributed by atoms with Gasteiger partial charge in [0, 0.05) is 70.7 Å². The van der Waals surface area contributed by atoms with Crippen LogP contribution in [0, 0.1) is 55.4 Å². The second-order valence-corrected chi connectivity index (χ2v) is 30.7. The number of hydrogen-bond donors (Lipinski definition) is 0. The average molecular weight is 1630 g/mol. The molecule has 0 atom stereocenters. The van der Waals surface area contributed by atoms with Crippen molar-refractivity contribution in [3.8, 4) is 39.9 Å². The first-order valence-electron chi connectivity index (χ1n) is 41.1. The molecule has 0 amide bonds. The fourth-order valence-corrected chi connectivity index (χ4v) is 16.4. The highest BCUT2D eigenvalue weighted by Crippen LogP contribution is 2.37. The Balaban J connectivity index is 0.000000102. The lowest BCUT2D eigenvalue weighted by Crippen LogP contribution is -1.97. The van der Waals surface area contributed by atoms with E-state index in [2.05, 4.69) is 314 Å². The van der Waals surface area contributed by atoms with Crippen LogP contribution in [0.5, 0.6) is 0 Å². The number of aryl methyl sites for hydroxylation is 8. The third kappa shape index (κ3) is 17.7. The van der Waals surface area contributed by atoms with Gasteiger partial charge in [0.05, 0.1) is 65.0 Å². The van der Waals surface area contributed by atoms with Crippen LogP contribution in [0.15, 0.2) is 397 Å². The van der Waals surface area contributed by atoms with E-state index < -0.39 is 0 Å². The topological polar surface area (TPSA) is 167 Å². The van der Waals surface area contributed by atoms with Gasteiger partial charge in [-0.2, -0.15) is 0 Å². The van der Waals surface area contributed by atoms with E-state index in [1.807, 2.05) is 186 Å². The first kappa shape index (κ1) is 80.6. The van der Waals surface area contributed by atoms with Gasteiger partial charge in [0.2, 0.25) is 11.8 Å². The minimum Gasteiger partial charge on any atom is -0.441 e. The molecule has 24 rings (SSSR count). The summed E-state index contributed by atoms with van der Waals surface area (Å²) in [6.07, 6.45) is 3.77. The third-order valence-corrected chi connectivity index (χ3v) is 22.1. The third-order valence-electron chi connectivity index (χ3n) is 21.1. The van der Waals surface area contributed by atoms with Gasteiger partial charge < -0.3 is 13.4 Å². The van der Waals surface area contributed by atoms with Crippen molar-refractivity contribution < 1.29 is 8.83 Å². The van der Waals surface area contributed by atoms with Crippen molar-refractivity contribution in [2.75, 3.05) is 0 Å². The van der Waals surface area contributed by atoms with Crippen molar-refractivity contribution >= 4 is 120 Å². The van der Waals surface area contributed by atoms with Gasteiger partial charge in [-0.3, -0.25) is 18.3 Å². The van der Waals surface area contributed by atoms with Crippen molar-refractivity contribution in [1.82, 2.24) is 67.9 Å². The maximum atomic E-state index is 5.26. The van der Waals surface area contributed by atoms with Crippen LogP contribution >= 0.6 is 11.3 Å². The number of para-hydroxylation sites is 12. The van der Waals surface area contributed by atoms with E-state index in [-0.39, 0.29) is 0 Å². The molecule has 124 heavy (non-hydrogen) atoms. The maximum Gasteiger partial charge on any atom is 0.247 e. The number of aromatic nitrogens is 14. The summed E-state index contributed by atoms with van der Waals surface area (Å²) in [6.45, 7) is 15.9. The van der Waals surface area contributed by atoms with Gasteiger partial charge in [-0.1, -0.05) is 249 Å². The fourth-order valence-electron chi connectivity index (χ4n) is 15.6. The van der Waals surface area contributed by atoms with Crippen molar-refractivity contribution in [2.45, 2.75) is 55.4 Å². The van der Waals surface area contributed by atoms with E-state index in [1.165, 1.54) is 59.0 Å². The van der Waals surface area contributed by atoms with Crippen LogP contribution in [0.4, 0.5) is 0 Å². The molecule has 0 bridgehead atoms. The number of imidazole rings is 5. The largest absolute Gasteiger partial charge is 0.441 e. The van der Waals surface area contributed by atoms with Crippen LogP contribution < -0.4 is 0 Å². The highest BCUT2D eigenvalue weighted by atomic mass is 32.1. The average Bonchev–Trinajstić information content (AvgIpc) is 1.54. The molecule has 17 heteroatoms. The summed E-state index contributed by atoms with van der Waals surface area (Å²) in [5.41, 5.74) is 18.5. The Hall–Kier alpha value is -15.9. The molecule has 16 nitrogen and oxygen atoms in total. The number of fused-ring (bicyclic) bond motifs is 13. The van der Waals surface area contributed by atoms with Gasteiger partial charge in [-0.25, -0.2) is 34.9 Å². The van der Waals surface area contributed by atoms with Crippen molar-refractivity contribution in [2.24, 2.45) is 0 Å². The Morgan fingerprint density at radius 3 is 1.33 bits per heavy atom. The smallest absolute Gasteiger partial charge is 0.247 e. The van der Waals surface area contributed by atoms with Gasteiger partial charge in [0.1, 0.15) is 34.6 Å². The standard InChI is InChI=1S/C22H16N2.2C18H14N2.C14H12N2.C10H10N2.C9H8N2O.C8H7NO.C8H7NS/c1-15-23-21-19-13-7-5-11-17(19)18-12-6-8-14-20(18)22(21)24(15)16-9-3-2-4-10-16;1-13-19-16-10-4-5-11-18(16)20(13)17-12-6-8-14-7-2-3-9-15(14)17;1-13-19-17-8-4-5-9-18(17)20(13)16-11-10-14-6-2-3-7-15(14)12-16;1-11-15-13-9-5-6-10-14(13)16(11)12-7-3-2-4-8-12;1-9-11-7-8-12(9)10-5-3-2-4-6-10;1-7-10-11-9(12-7)8-5-3-2-4-6-8;2*1-6-9-7-4-2-3-5-8(7)10-6/h2-14H,1H3;2*2-12H,1H3;2-10H,1H3;2-8H,1H3;2-6H,1H3;2*2-5H,1H3. The summed E-state index contributed by atoms with van der Waals surface area (Å²) in [5, 5.41) is 18.8. The Morgan fingerprint density at radius 2 is 0.742 bits per heavy atom. The lowest BCUT2D eigenvalue weighted by Gasteiger charge is -2.11. The van der Waals surface area contributed by atoms with Crippen LogP contribution in [-0.4, -0.2) is 67.9 Å². The van der Waals surface area contributed by atoms with Crippen LogP contribution in [0.2, 0.25) is 0 Å². The van der Waals surface area contributed by atoms with E-state index in [4.69, 9.17) is 13.8 Å². The molecular formula is C107H88N14O2S. The number of thiazole rings is 1. The van der Waals surface area contributed by atoms with Crippen molar-refractivity contribution in [1.29, 1.82) is 0 Å². The second kappa shape index (κ2) is 37.2. The molecule has 0 spiro atoms. The molecule has 0 unspecified atom stereocenters. The van der Waals surface area contributed by atoms with Crippen LogP contribution in [0.1, 0.15) is 45.9 Å². The predicted molar refractivity (Wildman–Crippen MR) is 509 cm³/mol. The zero-order valence-electron chi connectivity index (χ0n) is 69.9. The lowest BCUT2D eigenvalue weighted by molar-refractivity contribution is 0.533. The van der Waals surface area contributed by atoms with Gasteiger partial charge in [0.15, 0.2) is 11.5 Å². The first-order valence-corrected chi connectivity index (χ1v) is 41.9. The number of oxazole rings is 1. The summed E-state index contributed by atoms with van der Waals surface area (Å²) in [5.74, 6) is 6.97. The predicted octanol–water partition coefficient (Wildman–Crippen LogP) is 26.9. The monoisotopic (exact) mass is 1630 g/mol. The molecule has 0 saturated heterocycles. The molecule has 0 radical (unpaired) electrons. The van der Waals surface area contributed by atoms with Gasteiger partial charge >= 0.3 is 0 Å². The SMILES string of the molecule is Cc1nc2c3ccccc3c3ccccc3c2n1-c1ccccc1.Cc1nc2ccccc2n1-c1ccc2ccccc2c1.Cc1nc2ccccc2n1-c1cccc2ccccc12.Cc1nc2ccccc2n1-c1ccccc1.Cc1nc2ccccc2o1.Cc1nc2ccccc2s1.Cc1nccn1-c1ccccc1.Cc1nnc(-c2ccccc2)o1. The van der Waals surface area contributed by atoms with Crippen LogP contribution in [0.25, 0.3) is 148 Å². The minimum absolute atomic E-state index is 0.577. The number of benzene rings is 16. The molecule has 0 aliphatic carbocycles. The molecule has 0 saturated carbocycles. The van der Waals surface area contributed by atoms with Gasteiger partial charge in [-0.05, 0) is 196 Å². The Labute approximate surface area is 721 Å². The second-order valence-electron chi connectivity index (χ2n) is 29.5. The van der Waals surface area contributed by atoms with E-state index in [0.717, 1.165) is 124 Å². The molecular weight excluding hydrogens is 1550 g/mol.